The summed E-state index contributed by atoms with van der Waals surface area (Å²) in [4.78, 5) is 12.0. The first-order chi connectivity index (χ1) is 18.4. The van der Waals surface area contributed by atoms with Crippen molar-refractivity contribution < 1.29 is 23.1 Å². The van der Waals surface area contributed by atoms with Gasteiger partial charge in [0.25, 0.3) is 8.32 Å². The van der Waals surface area contributed by atoms with Gasteiger partial charge in [-0.25, -0.2) is 0 Å². The number of carbonyl (C=O) groups is 1. The lowest BCUT2D eigenvalue weighted by atomic mass is 10.1. The van der Waals surface area contributed by atoms with Crippen molar-refractivity contribution in [2.24, 2.45) is 0 Å². The van der Waals surface area contributed by atoms with Gasteiger partial charge >= 0.3 is 0 Å². The Labute approximate surface area is 244 Å². The lowest BCUT2D eigenvalue weighted by Crippen LogP contribution is -2.67. The molecule has 1 saturated heterocycles. The molecule has 0 amide bonds. The largest absolute Gasteiger partial charge is 0.408 e. The van der Waals surface area contributed by atoms with Crippen molar-refractivity contribution in [1.82, 2.24) is 0 Å². The highest BCUT2D eigenvalue weighted by molar-refractivity contribution is 6.99. The zero-order valence-electron chi connectivity index (χ0n) is 26.4. The summed E-state index contributed by atoms with van der Waals surface area (Å²) in [6.45, 7) is 23.6. The zero-order valence-corrected chi connectivity index (χ0v) is 28.4. The summed E-state index contributed by atoms with van der Waals surface area (Å²) in [5, 5.41) is 2.26. The molecule has 2 aromatic carbocycles. The lowest BCUT2D eigenvalue weighted by molar-refractivity contribution is -0.153. The molecule has 0 radical (unpaired) electrons. The number of rotatable bonds is 10. The normalized spacial score (nSPS) is 21.1. The van der Waals surface area contributed by atoms with Gasteiger partial charge in [-0.15, -0.1) is 0 Å². The Morgan fingerprint density at radius 2 is 1.40 bits per heavy atom. The van der Waals surface area contributed by atoms with Gasteiger partial charge in [-0.2, -0.15) is 0 Å². The van der Waals surface area contributed by atoms with Crippen molar-refractivity contribution in [1.29, 1.82) is 0 Å². The van der Waals surface area contributed by atoms with E-state index in [1.807, 2.05) is 32.1 Å². The summed E-state index contributed by atoms with van der Waals surface area (Å²) in [6.07, 6.45) is 2.18. The van der Waals surface area contributed by atoms with Crippen LogP contribution >= 0.6 is 0 Å². The number of hydrogen-bond acceptors (Lipinski definition) is 5. The third-order valence-corrected chi connectivity index (χ3v) is 17.7. The van der Waals surface area contributed by atoms with Crippen LogP contribution in [-0.4, -0.2) is 53.1 Å². The van der Waals surface area contributed by atoms with Gasteiger partial charge in [-0.05, 0) is 60.4 Å². The summed E-state index contributed by atoms with van der Waals surface area (Å²) in [5.41, 5.74) is 0. The summed E-state index contributed by atoms with van der Waals surface area (Å²) >= 11 is 0. The zero-order chi connectivity index (χ0) is 30.0. The first-order valence-electron chi connectivity index (χ1n) is 14.4. The van der Waals surface area contributed by atoms with Crippen LogP contribution < -0.4 is 10.4 Å². The van der Waals surface area contributed by atoms with E-state index in [0.29, 0.717) is 6.61 Å². The van der Waals surface area contributed by atoms with Crippen LogP contribution in [-0.2, 0) is 23.1 Å². The molecule has 0 aliphatic carbocycles. The minimum Gasteiger partial charge on any atom is -0.408 e. The summed E-state index contributed by atoms with van der Waals surface area (Å²) in [7, 11) is -4.99. The van der Waals surface area contributed by atoms with Crippen LogP contribution in [0, 0.1) is 0 Å². The van der Waals surface area contributed by atoms with Crippen LogP contribution in [0.15, 0.2) is 72.8 Å². The monoisotopic (exact) mass is 582 g/mol. The van der Waals surface area contributed by atoms with Crippen molar-refractivity contribution in [2.45, 2.75) is 110 Å². The molecule has 5 nitrogen and oxygen atoms in total. The van der Waals surface area contributed by atoms with Gasteiger partial charge in [-0.3, -0.25) is 4.79 Å². The fourth-order valence-corrected chi connectivity index (χ4v) is 11.0. The third kappa shape index (κ3) is 7.30. The number of ether oxygens (including phenoxy) is 2. The highest BCUT2D eigenvalue weighted by atomic mass is 28.4. The van der Waals surface area contributed by atoms with Crippen molar-refractivity contribution in [3.8, 4) is 0 Å². The Balaban J connectivity index is 2.05. The number of carbonyl (C=O) groups excluding carboxylic acids is 1. The highest BCUT2D eigenvalue weighted by Crippen LogP contribution is 2.41. The van der Waals surface area contributed by atoms with Gasteiger partial charge in [0, 0.05) is 0 Å². The van der Waals surface area contributed by atoms with Gasteiger partial charge in [0.1, 0.15) is 12.2 Å². The Morgan fingerprint density at radius 1 is 0.900 bits per heavy atom. The van der Waals surface area contributed by atoms with E-state index in [1.165, 1.54) is 10.4 Å². The first-order valence-corrected chi connectivity index (χ1v) is 19.2. The van der Waals surface area contributed by atoms with E-state index in [-0.39, 0.29) is 22.0 Å². The predicted octanol–water partition coefficient (Wildman–Crippen LogP) is 6.62. The van der Waals surface area contributed by atoms with Gasteiger partial charge in [0.15, 0.2) is 19.9 Å². The fourth-order valence-electron chi connectivity index (χ4n) is 5.20. The lowest BCUT2D eigenvalue weighted by Gasteiger charge is -2.44. The maximum Gasteiger partial charge on any atom is 0.261 e. The average Bonchev–Trinajstić information content (AvgIpc) is 3.16. The Bertz CT molecular complexity index is 1110. The number of ketones is 1. The average molecular weight is 583 g/mol. The molecule has 3 rings (SSSR count). The molecule has 3 atom stereocenters. The molecule has 40 heavy (non-hydrogen) atoms. The maximum absolute atomic E-state index is 12.0. The van der Waals surface area contributed by atoms with Crippen molar-refractivity contribution in [2.75, 3.05) is 6.61 Å². The van der Waals surface area contributed by atoms with E-state index < -0.39 is 34.6 Å². The van der Waals surface area contributed by atoms with Crippen LogP contribution in [0.2, 0.25) is 23.2 Å². The van der Waals surface area contributed by atoms with E-state index in [2.05, 4.69) is 103 Å². The van der Waals surface area contributed by atoms with Crippen LogP contribution in [0.5, 0.6) is 0 Å². The third-order valence-electron chi connectivity index (χ3n) is 8.18. The number of hydrogen-bond donors (Lipinski definition) is 0. The SMILES string of the molecule is CC(=O)/C=C/[C@@H](O[Si](C)(C)C(C)(C)C)[C@H]1OC(C)(C)O[C@H]1CO[Si](c1ccccc1)(c1ccccc1)C(C)(C)C. The second kappa shape index (κ2) is 12.2. The fraction of sp³-hybridized carbons (Fsp3) is 0.545. The first kappa shape index (κ1) is 32.6. The quantitative estimate of drug-likeness (QED) is 0.233. The van der Waals surface area contributed by atoms with E-state index in [1.54, 1.807) is 13.0 Å². The van der Waals surface area contributed by atoms with E-state index in [4.69, 9.17) is 18.3 Å². The van der Waals surface area contributed by atoms with Crippen LogP contribution in [0.1, 0.15) is 62.3 Å². The van der Waals surface area contributed by atoms with Crippen molar-refractivity contribution in [3.63, 3.8) is 0 Å². The van der Waals surface area contributed by atoms with E-state index in [0.717, 1.165) is 0 Å². The molecule has 1 heterocycles. The molecule has 220 valence electrons. The smallest absolute Gasteiger partial charge is 0.261 e. The van der Waals surface area contributed by atoms with E-state index in [9.17, 15) is 4.79 Å². The molecule has 0 saturated carbocycles. The predicted molar refractivity (Wildman–Crippen MR) is 169 cm³/mol. The molecule has 0 N–H and O–H groups in total. The van der Waals surface area contributed by atoms with Crippen molar-refractivity contribution >= 4 is 32.8 Å². The van der Waals surface area contributed by atoms with E-state index >= 15 is 0 Å². The second-order valence-electron chi connectivity index (χ2n) is 13.9. The summed E-state index contributed by atoms with van der Waals surface area (Å²) in [6, 6.07) is 21.2. The minimum atomic E-state index is -2.78. The summed E-state index contributed by atoms with van der Waals surface area (Å²) in [5.74, 6) is -0.842. The molecule has 0 bridgehead atoms. The van der Waals surface area contributed by atoms with Crippen LogP contribution in [0.3, 0.4) is 0 Å². The van der Waals surface area contributed by atoms with Gasteiger partial charge in [0.2, 0.25) is 0 Å². The molecule has 0 aromatic heterocycles. The Hall–Kier alpha value is -1.88. The van der Waals surface area contributed by atoms with Crippen LogP contribution in [0.25, 0.3) is 0 Å². The minimum absolute atomic E-state index is 0.00872. The Morgan fingerprint density at radius 3 is 1.82 bits per heavy atom. The van der Waals surface area contributed by atoms with Crippen molar-refractivity contribution in [3.05, 3.63) is 72.8 Å². The molecule has 1 fully saturated rings. The molecule has 0 spiro atoms. The molecule has 1 aliphatic heterocycles. The molecular weight excluding hydrogens is 533 g/mol. The number of allylic oxidation sites excluding steroid dienone is 1. The molecule has 0 unspecified atom stereocenters. The highest BCUT2D eigenvalue weighted by Gasteiger charge is 2.53. The van der Waals surface area contributed by atoms with Gasteiger partial charge in [0.05, 0.1) is 12.7 Å². The van der Waals surface area contributed by atoms with Gasteiger partial charge in [-0.1, -0.05) is 108 Å². The van der Waals surface area contributed by atoms with Crippen LogP contribution in [0.4, 0.5) is 0 Å². The Kier molecular flexibility index (Phi) is 9.92. The number of benzene rings is 2. The second-order valence-corrected chi connectivity index (χ2v) is 23.0. The summed E-state index contributed by atoms with van der Waals surface area (Å²) < 4.78 is 27.2. The molecule has 2 aromatic rings. The molecular formula is C33H50O5Si2. The molecule has 1 aliphatic rings. The standard InChI is InChI=1S/C33H50O5Si2/c1-25(34)22-23-28(38-39(10,11)31(2,3)4)30-29(36-33(8,9)37-30)24-35-40(32(5,6)7,26-18-14-12-15-19-26)27-20-16-13-17-21-27/h12-23,28-30H,24H2,1-11H3/b23-22+/t28-,29+,30-/m1/s1. The van der Waals surface area contributed by atoms with Gasteiger partial charge < -0.3 is 18.3 Å². The molecule has 7 heteroatoms. The maximum atomic E-state index is 12.0. The topological polar surface area (TPSA) is 54.0 Å².